The first-order valence-electron chi connectivity index (χ1n) is 9.16. The highest BCUT2D eigenvalue weighted by Crippen LogP contribution is 2.45. The maximum Gasteiger partial charge on any atom is 0.160 e. The van der Waals surface area contributed by atoms with Crippen molar-refractivity contribution in [2.75, 3.05) is 19.8 Å². The van der Waals surface area contributed by atoms with Gasteiger partial charge in [0.1, 0.15) is 11.9 Å². The van der Waals surface area contributed by atoms with Gasteiger partial charge in [0.05, 0.1) is 30.8 Å². The van der Waals surface area contributed by atoms with Crippen LogP contribution >= 0.6 is 0 Å². The lowest BCUT2D eigenvalue weighted by Crippen LogP contribution is -2.55. The molecular formula is C19H28O5. The predicted octanol–water partition coefficient (Wildman–Crippen LogP) is 2.54. The second-order valence-electron chi connectivity index (χ2n) is 7.89. The van der Waals surface area contributed by atoms with Crippen molar-refractivity contribution < 1.29 is 24.1 Å². The molecule has 4 rings (SSSR count). The highest BCUT2D eigenvalue weighted by molar-refractivity contribution is 5.51. The van der Waals surface area contributed by atoms with E-state index in [1.165, 1.54) is 0 Å². The smallest absolute Gasteiger partial charge is 0.160 e. The lowest BCUT2D eigenvalue weighted by atomic mass is 9.71. The molecule has 0 aromatic carbocycles. The van der Waals surface area contributed by atoms with Crippen molar-refractivity contribution in [2.45, 2.75) is 63.6 Å². The third kappa shape index (κ3) is 3.27. The second kappa shape index (κ2) is 6.45. The summed E-state index contributed by atoms with van der Waals surface area (Å²) in [7, 11) is 0. The van der Waals surface area contributed by atoms with Crippen LogP contribution in [0.2, 0.25) is 0 Å². The average molecular weight is 336 g/mol. The van der Waals surface area contributed by atoms with Crippen molar-refractivity contribution in [2.24, 2.45) is 11.3 Å². The molecule has 2 aliphatic carbocycles. The Labute approximate surface area is 143 Å². The summed E-state index contributed by atoms with van der Waals surface area (Å²) >= 11 is 0. The van der Waals surface area contributed by atoms with Crippen LogP contribution in [-0.2, 0) is 18.9 Å². The fourth-order valence-electron chi connectivity index (χ4n) is 4.26. The van der Waals surface area contributed by atoms with Gasteiger partial charge in [-0.25, -0.2) is 0 Å². The number of hydrogen-bond donors (Lipinski definition) is 1. The summed E-state index contributed by atoms with van der Waals surface area (Å²) in [5, 5.41) is 10.1. The van der Waals surface area contributed by atoms with Gasteiger partial charge in [-0.15, -0.1) is 0 Å². The summed E-state index contributed by atoms with van der Waals surface area (Å²) in [6, 6.07) is 0. The van der Waals surface area contributed by atoms with E-state index in [2.05, 4.69) is 13.5 Å². The van der Waals surface area contributed by atoms with Gasteiger partial charge in [-0.3, -0.25) is 0 Å². The molecule has 4 unspecified atom stereocenters. The first-order chi connectivity index (χ1) is 11.6. The van der Waals surface area contributed by atoms with Crippen molar-refractivity contribution in [3.63, 3.8) is 0 Å². The Morgan fingerprint density at radius 3 is 2.62 bits per heavy atom. The fourth-order valence-corrected chi connectivity index (χ4v) is 4.26. The van der Waals surface area contributed by atoms with Crippen molar-refractivity contribution in [3.05, 3.63) is 24.0 Å². The molecule has 2 heterocycles. The van der Waals surface area contributed by atoms with Gasteiger partial charge in [0.25, 0.3) is 0 Å². The Morgan fingerprint density at radius 2 is 1.96 bits per heavy atom. The largest absolute Gasteiger partial charge is 0.489 e. The van der Waals surface area contributed by atoms with Gasteiger partial charge in [-0.1, -0.05) is 6.58 Å². The van der Waals surface area contributed by atoms with Crippen molar-refractivity contribution in [3.8, 4) is 0 Å². The molecule has 0 bridgehead atoms. The summed E-state index contributed by atoms with van der Waals surface area (Å²) < 4.78 is 24.1. The van der Waals surface area contributed by atoms with E-state index in [1.54, 1.807) is 0 Å². The number of allylic oxidation sites excluding steroid dienone is 2. The van der Waals surface area contributed by atoms with E-state index < -0.39 is 0 Å². The van der Waals surface area contributed by atoms with Gasteiger partial charge in [0.2, 0.25) is 0 Å². The summed E-state index contributed by atoms with van der Waals surface area (Å²) in [4.78, 5) is 0. The van der Waals surface area contributed by atoms with Crippen LogP contribution in [0.15, 0.2) is 24.0 Å². The molecule has 5 heteroatoms. The van der Waals surface area contributed by atoms with Gasteiger partial charge in [0, 0.05) is 24.5 Å². The Kier molecular flexibility index (Phi) is 4.45. The minimum absolute atomic E-state index is 0.0682. The van der Waals surface area contributed by atoms with Crippen LogP contribution in [0.3, 0.4) is 0 Å². The lowest BCUT2D eigenvalue weighted by molar-refractivity contribution is -0.284. The monoisotopic (exact) mass is 336 g/mol. The molecule has 1 saturated carbocycles. The first-order valence-corrected chi connectivity index (χ1v) is 9.16. The van der Waals surface area contributed by atoms with Crippen LogP contribution in [0.1, 0.15) is 39.0 Å². The van der Waals surface area contributed by atoms with Crippen LogP contribution < -0.4 is 0 Å². The van der Waals surface area contributed by atoms with Gasteiger partial charge in [0.15, 0.2) is 6.29 Å². The van der Waals surface area contributed by atoms with Gasteiger partial charge >= 0.3 is 0 Å². The van der Waals surface area contributed by atoms with Crippen molar-refractivity contribution in [1.29, 1.82) is 0 Å². The molecule has 4 aliphatic rings. The zero-order chi connectivity index (χ0) is 16.7. The van der Waals surface area contributed by atoms with Gasteiger partial charge in [-0.05, 0) is 38.7 Å². The molecule has 2 aliphatic heterocycles. The predicted molar refractivity (Wildman–Crippen MR) is 88.2 cm³/mol. The molecule has 134 valence electrons. The molecule has 4 atom stereocenters. The molecular weight excluding hydrogens is 308 g/mol. The quantitative estimate of drug-likeness (QED) is 0.858. The van der Waals surface area contributed by atoms with E-state index in [0.717, 1.165) is 43.6 Å². The molecule has 1 spiro atoms. The zero-order valence-electron chi connectivity index (χ0n) is 14.4. The third-order valence-electron chi connectivity index (χ3n) is 5.93. The van der Waals surface area contributed by atoms with E-state index in [1.807, 2.05) is 6.08 Å². The maximum absolute atomic E-state index is 10.1. The molecule has 3 fully saturated rings. The molecule has 0 radical (unpaired) electrons. The maximum atomic E-state index is 10.1. The van der Waals surface area contributed by atoms with Gasteiger partial charge in [-0.2, -0.15) is 0 Å². The molecule has 24 heavy (non-hydrogen) atoms. The van der Waals surface area contributed by atoms with E-state index >= 15 is 0 Å². The summed E-state index contributed by atoms with van der Waals surface area (Å²) in [5.74, 6) is 1.28. The minimum atomic E-state index is -0.303. The van der Waals surface area contributed by atoms with Crippen LogP contribution in [-0.4, -0.2) is 49.5 Å². The van der Waals surface area contributed by atoms with E-state index in [-0.39, 0.29) is 30.0 Å². The van der Waals surface area contributed by atoms with Crippen LogP contribution in [0.5, 0.6) is 0 Å². The Morgan fingerprint density at radius 1 is 1.21 bits per heavy atom. The lowest BCUT2D eigenvalue weighted by Gasteiger charge is -2.49. The number of rotatable bonds is 3. The van der Waals surface area contributed by atoms with E-state index in [4.69, 9.17) is 18.9 Å². The minimum Gasteiger partial charge on any atom is -0.489 e. The molecule has 0 aromatic heterocycles. The number of ether oxygens (including phenoxy) is 4. The summed E-state index contributed by atoms with van der Waals surface area (Å²) in [6.45, 7) is 8.07. The first kappa shape index (κ1) is 16.6. The zero-order valence-corrected chi connectivity index (χ0v) is 14.4. The third-order valence-corrected chi connectivity index (χ3v) is 5.93. The Balaban J connectivity index is 1.39. The van der Waals surface area contributed by atoms with E-state index in [9.17, 15) is 5.11 Å². The SMILES string of the molecule is C=C1C=C1OC1CC(O)CCC12COC(C1CCOC(C)C1)OC2. The topological polar surface area (TPSA) is 57.2 Å². The molecule has 0 aromatic rings. The summed E-state index contributed by atoms with van der Waals surface area (Å²) in [5.41, 5.74) is 0.799. The number of hydrogen-bond acceptors (Lipinski definition) is 5. The number of aliphatic hydroxyl groups excluding tert-OH is 1. The van der Waals surface area contributed by atoms with E-state index in [0.29, 0.717) is 25.6 Å². The molecule has 0 amide bonds. The average Bonchev–Trinajstić information content (AvgIpc) is 3.27. The highest BCUT2D eigenvalue weighted by atomic mass is 16.7. The van der Waals surface area contributed by atoms with Crippen LogP contribution in [0.25, 0.3) is 0 Å². The Hall–Kier alpha value is -0.880. The standard InChI is InChI=1S/C19H28O5/c1-12-7-16(12)24-17-9-15(20)3-5-19(17)10-22-18(23-11-19)14-4-6-21-13(2)8-14/h7,13-15,17-18,20H,1,3-6,8-11H2,2H3. The Bertz CT molecular complexity index is 520. The van der Waals surface area contributed by atoms with Crippen molar-refractivity contribution in [1.82, 2.24) is 0 Å². The fraction of sp³-hybridized carbons (Fsp3) is 0.789. The van der Waals surface area contributed by atoms with Gasteiger partial charge < -0.3 is 24.1 Å². The van der Waals surface area contributed by atoms with Crippen molar-refractivity contribution >= 4 is 0 Å². The summed E-state index contributed by atoms with van der Waals surface area (Å²) in [6.07, 6.45) is 5.98. The molecule has 1 N–H and O–H groups in total. The van der Waals surface area contributed by atoms with Crippen LogP contribution in [0.4, 0.5) is 0 Å². The van der Waals surface area contributed by atoms with Crippen LogP contribution in [0, 0.1) is 11.3 Å². The molecule has 5 nitrogen and oxygen atoms in total. The highest BCUT2D eigenvalue weighted by Gasteiger charge is 2.50. The number of aliphatic hydroxyl groups is 1. The molecule has 2 saturated heterocycles. The second-order valence-corrected chi connectivity index (χ2v) is 7.89. The normalized spacial score (nSPS) is 45.8.